The monoisotopic (exact) mass is 267 g/mol. The maximum atomic E-state index is 5.48. The number of aromatic nitrogens is 1. The van der Waals surface area contributed by atoms with Crippen LogP contribution in [-0.4, -0.2) is 18.2 Å². The number of hydrogen-bond donors (Lipinski definition) is 0. The average molecular weight is 267 g/mol. The van der Waals surface area contributed by atoms with Gasteiger partial charge in [0, 0.05) is 31.0 Å². The Kier molecular flexibility index (Phi) is 4.44. The van der Waals surface area contributed by atoms with Crippen molar-refractivity contribution in [1.29, 1.82) is 0 Å². The summed E-state index contributed by atoms with van der Waals surface area (Å²) in [6.07, 6.45) is 5.42. The molecule has 1 aliphatic rings. The summed E-state index contributed by atoms with van der Waals surface area (Å²) in [5.74, 6) is 1.15. The predicted molar refractivity (Wildman–Crippen MR) is 80.7 cm³/mol. The van der Waals surface area contributed by atoms with E-state index in [-0.39, 0.29) is 0 Å². The first-order valence-corrected chi connectivity index (χ1v) is 7.47. The maximum Gasteiger partial charge on any atom is 0.0478 e. The molecule has 20 heavy (non-hydrogen) atoms. The van der Waals surface area contributed by atoms with E-state index in [1.54, 1.807) is 0 Å². The molecular weight excluding hydrogens is 246 g/mol. The van der Waals surface area contributed by atoms with Gasteiger partial charge in [0.2, 0.25) is 0 Å². The van der Waals surface area contributed by atoms with Crippen molar-refractivity contribution < 1.29 is 4.74 Å². The molecule has 1 aromatic carbocycles. The van der Waals surface area contributed by atoms with Crippen molar-refractivity contribution in [3.8, 4) is 0 Å². The Bertz CT molecular complexity index is 466. The summed E-state index contributed by atoms with van der Waals surface area (Å²) in [4.78, 5) is 4.59. The Balaban J connectivity index is 1.83. The lowest BCUT2D eigenvalue weighted by Crippen LogP contribution is -2.19. The second-order valence-electron chi connectivity index (χ2n) is 5.51. The van der Waals surface area contributed by atoms with Crippen molar-refractivity contribution in [2.45, 2.75) is 25.2 Å². The van der Waals surface area contributed by atoms with Crippen LogP contribution in [0, 0.1) is 5.92 Å². The molecule has 1 aromatic heterocycles. The molecule has 0 N–H and O–H groups in total. The minimum atomic E-state index is 0.403. The second kappa shape index (κ2) is 6.67. The van der Waals surface area contributed by atoms with E-state index in [4.69, 9.17) is 4.74 Å². The van der Waals surface area contributed by atoms with Gasteiger partial charge in [-0.15, -0.1) is 0 Å². The van der Waals surface area contributed by atoms with Crippen molar-refractivity contribution in [2.75, 3.05) is 13.2 Å². The highest BCUT2D eigenvalue weighted by molar-refractivity contribution is 5.28. The zero-order chi connectivity index (χ0) is 13.6. The van der Waals surface area contributed by atoms with Crippen molar-refractivity contribution in [3.63, 3.8) is 0 Å². The Labute approximate surface area is 120 Å². The average Bonchev–Trinajstić information content (AvgIpc) is 2.55. The molecule has 2 heteroatoms. The fraction of sp³-hybridized carbons (Fsp3) is 0.389. The molecule has 104 valence electrons. The Morgan fingerprint density at radius 2 is 1.75 bits per heavy atom. The van der Waals surface area contributed by atoms with E-state index in [2.05, 4.69) is 47.4 Å². The van der Waals surface area contributed by atoms with Crippen LogP contribution < -0.4 is 0 Å². The van der Waals surface area contributed by atoms with Gasteiger partial charge in [-0.05, 0) is 42.9 Å². The van der Waals surface area contributed by atoms with Gasteiger partial charge in [-0.25, -0.2) is 0 Å². The van der Waals surface area contributed by atoms with E-state index in [9.17, 15) is 0 Å². The van der Waals surface area contributed by atoms with Crippen molar-refractivity contribution in [3.05, 3.63) is 66.0 Å². The van der Waals surface area contributed by atoms with Crippen LogP contribution in [0.4, 0.5) is 0 Å². The van der Waals surface area contributed by atoms with Gasteiger partial charge in [0.25, 0.3) is 0 Å². The van der Waals surface area contributed by atoms with Crippen LogP contribution in [0.1, 0.15) is 36.4 Å². The SMILES string of the molecule is c1ccc(C(CC2CCOCC2)c2ccccn2)cc1. The van der Waals surface area contributed by atoms with Gasteiger partial charge < -0.3 is 4.74 Å². The van der Waals surface area contributed by atoms with E-state index >= 15 is 0 Å². The smallest absolute Gasteiger partial charge is 0.0478 e. The molecule has 1 unspecified atom stereocenters. The standard InChI is InChI=1S/C18H21NO/c1-2-6-16(7-3-1)17(18-8-4-5-11-19-18)14-15-9-12-20-13-10-15/h1-8,11,15,17H,9-10,12-14H2. The summed E-state index contributed by atoms with van der Waals surface area (Å²) in [6.45, 7) is 1.82. The topological polar surface area (TPSA) is 22.1 Å². The quantitative estimate of drug-likeness (QED) is 0.834. The molecule has 0 bridgehead atoms. The lowest BCUT2D eigenvalue weighted by Gasteiger charge is -2.26. The van der Waals surface area contributed by atoms with Crippen LogP contribution in [0.2, 0.25) is 0 Å². The van der Waals surface area contributed by atoms with Gasteiger partial charge in [0.15, 0.2) is 0 Å². The van der Waals surface area contributed by atoms with Crippen LogP contribution >= 0.6 is 0 Å². The van der Waals surface area contributed by atoms with E-state index in [0.29, 0.717) is 5.92 Å². The highest BCUT2D eigenvalue weighted by Gasteiger charge is 2.22. The van der Waals surface area contributed by atoms with E-state index in [1.165, 1.54) is 30.5 Å². The van der Waals surface area contributed by atoms with Gasteiger partial charge in [-0.2, -0.15) is 0 Å². The predicted octanol–water partition coefficient (Wildman–Crippen LogP) is 4.03. The molecule has 0 saturated carbocycles. The first kappa shape index (κ1) is 13.3. The van der Waals surface area contributed by atoms with Crippen molar-refractivity contribution >= 4 is 0 Å². The molecule has 2 heterocycles. The number of pyridine rings is 1. The minimum Gasteiger partial charge on any atom is -0.381 e. The molecule has 0 spiro atoms. The van der Waals surface area contributed by atoms with Gasteiger partial charge in [0.05, 0.1) is 0 Å². The van der Waals surface area contributed by atoms with Crippen LogP contribution in [0.25, 0.3) is 0 Å². The summed E-state index contributed by atoms with van der Waals surface area (Å²) in [5.41, 5.74) is 2.56. The summed E-state index contributed by atoms with van der Waals surface area (Å²) in [5, 5.41) is 0. The van der Waals surface area contributed by atoms with Gasteiger partial charge in [0.1, 0.15) is 0 Å². The number of nitrogens with zero attached hydrogens (tertiary/aromatic N) is 1. The fourth-order valence-electron chi connectivity index (χ4n) is 3.01. The first-order valence-electron chi connectivity index (χ1n) is 7.47. The lowest BCUT2D eigenvalue weighted by atomic mass is 9.83. The lowest BCUT2D eigenvalue weighted by molar-refractivity contribution is 0.0626. The Hall–Kier alpha value is -1.67. The second-order valence-corrected chi connectivity index (χ2v) is 5.51. The summed E-state index contributed by atoms with van der Waals surface area (Å²) < 4.78 is 5.48. The largest absolute Gasteiger partial charge is 0.381 e. The zero-order valence-corrected chi connectivity index (χ0v) is 11.7. The van der Waals surface area contributed by atoms with Crippen LogP contribution in [-0.2, 0) is 4.74 Å². The van der Waals surface area contributed by atoms with Crippen LogP contribution in [0.15, 0.2) is 54.7 Å². The molecule has 2 nitrogen and oxygen atoms in total. The third-order valence-electron chi connectivity index (χ3n) is 4.16. The summed E-state index contributed by atoms with van der Waals surface area (Å²) in [6, 6.07) is 17.0. The van der Waals surface area contributed by atoms with Crippen LogP contribution in [0.5, 0.6) is 0 Å². The zero-order valence-electron chi connectivity index (χ0n) is 11.7. The highest BCUT2D eigenvalue weighted by atomic mass is 16.5. The van der Waals surface area contributed by atoms with E-state index < -0.39 is 0 Å². The van der Waals surface area contributed by atoms with Crippen molar-refractivity contribution in [2.24, 2.45) is 5.92 Å². The van der Waals surface area contributed by atoms with E-state index in [1.807, 2.05) is 12.3 Å². The van der Waals surface area contributed by atoms with Gasteiger partial charge >= 0.3 is 0 Å². The first-order chi connectivity index (χ1) is 9.93. The molecule has 1 aliphatic heterocycles. The molecule has 3 rings (SSSR count). The van der Waals surface area contributed by atoms with Crippen molar-refractivity contribution in [1.82, 2.24) is 4.98 Å². The van der Waals surface area contributed by atoms with Crippen LogP contribution in [0.3, 0.4) is 0 Å². The molecule has 0 aliphatic carbocycles. The number of hydrogen-bond acceptors (Lipinski definition) is 2. The number of ether oxygens (including phenoxy) is 1. The number of benzene rings is 1. The van der Waals surface area contributed by atoms with E-state index in [0.717, 1.165) is 19.1 Å². The Morgan fingerprint density at radius 3 is 2.45 bits per heavy atom. The maximum absolute atomic E-state index is 5.48. The summed E-state index contributed by atoms with van der Waals surface area (Å²) in [7, 11) is 0. The Morgan fingerprint density at radius 1 is 1.00 bits per heavy atom. The minimum absolute atomic E-state index is 0.403. The van der Waals surface area contributed by atoms with Gasteiger partial charge in [-0.1, -0.05) is 36.4 Å². The summed E-state index contributed by atoms with van der Waals surface area (Å²) >= 11 is 0. The molecule has 0 amide bonds. The molecular formula is C18H21NO. The van der Waals surface area contributed by atoms with Gasteiger partial charge in [-0.3, -0.25) is 4.98 Å². The molecule has 2 aromatic rings. The highest BCUT2D eigenvalue weighted by Crippen LogP contribution is 2.33. The fourth-order valence-corrected chi connectivity index (χ4v) is 3.01. The normalized spacial score (nSPS) is 17.8. The number of rotatable bonds is 4. The third-order valence-corrected chi connectivity index (χ3v) is 4.16. The molecule has 0 radical (unpaired) electrons. The molecule has 1 atom stereocenters. The molecule has 1 fully saturated rings. The third kappa shape index (κ3) is 3.26. The molecule has 1 saturated heterocycles.